The molecule has 1 unspecified atom stereocenters. The Hall–Kier alpha value is -0.930. The van der Waals surface area contributed by atoms with Gasteiger partial charge in [-0.3, -0.25) is 4.90 Å². The summed E-state index contributed by atoms with van der Waals surface area (Å²) in [7, 11) is 2.05. The van der Waals surface area contributed by atoms with Crippen molar-refractivity contribution >= 4 is 0 Å². The molecule has 102 valence electrons. The highest BCUT2D eigenvalue weighted by molar-refractivity contribution is 5.26. The van der Waals surface area contributed by atoms with Gasteiger partial charge < -0.3 is 5.73 Å². The maximum Gasteiger partial charge on any atom is 0.126 e. The van der Waals surface area contributed by atoms with Crippen LogP contribution in [0.25, 0.3) is 0 Å². The highest BCUT2D eigenvalue weighted by Crippen LogP contribution is 2.28. The Labute approximate surface area is 110 Å². The Bertz CT molecular complexity index is 401. The minimum absolute atomic E-state index is 0.0470. The number of rotatable bonds is 5. The van der Waals surface area contributed by atoms with E-state index in [1.54, 1.807) is 13.0 Å². The summed E-state index contributed by atoms with van der Waals surface area (Å²) < 4.78 is 13.7. The van der Waals surface area contributed by atoms with Gasteiger partial charge in [0.1, 0.15) is 5.82 Å². The van der Waals surface area contributed by atoms with Crippen LogP contribution in [-0.4, -0.2) is 24.0 Å². The summed E-state index contributed by atoms with van der Waals surface area (Å²) in [6.07, 6.45) is 1.02. The van der Waals surface area contributed by atoms with E-state index >= 15 is 0 Å². The summed E-state index contributed by atoms with van der Waals surface area (Å²) in [5.41, 5.74) is 7.55. The van der Waals surface area contributed by atoms with Gasteiger partial charge in [-0.25, -0.2) is 4.39 Å². The molecule has 0 aliphatic carbocycles. The summed E-state index contributed by atoms with van der Waals surface area (Å²) in [6.45, 7) is 8.78. The second kappa shape index (κ2) is 5.81. The first-order valence-corrected chi connectivity index (χ1v) is 6.52. The van der Waals surface area contributed by atoms with E-state index in [4.69, 9.17) is 5.73 Å². The lowest BCUT2D eigenvalue weighted by molar-refractivity contribution is 0.100. The zero-order valence-electron chi connectivity index (χ0n) is 12.1. The molecule has 1 aromatic carbocycles. The number of likely N-dealkylation sites (N-methyl/N-ethyl adjacent to an activating group) is 1. The molecule has 2 nitrogen and oxygen atoms in total. The Morgan fingerprint density at radius 2 is 2.00 bits per heavy atom. The molecule has 0 saturated carbocycles. The van der Waals surface area contributed by atoms with E-state index < -0.39 is 0 Å². The molecule has 3 heteroatoms. The van der Waals surface area contributed by atoms with Gasteiger partial charge in [0.15, 0.2) is 0 Å². The standard InChI is InChI=1S/C15H25FN2/c1-6-15(3,4)18(5)14(10-17)12-8-7-11(2)13(16)9-12/h7-9,14H,6,10,17H2,1-5H3. The molecule has 0 amide bonds. The fourth-order valence-corrected chi connectivity index (χ4v) is 2.01. The van der Waals surface area contributed by atoms with Gasteiger partial charge in [-0.1, -0.05) is 19.1 Å². The van der Waals surface area contributed by atoms with Crippen LogP contribution in [0.3, 0.4) is 0 Å². The summed E-state index contributed by atoms with van der Waals surface area (Å²) >= 11 is 0. The van der Waals surface area contributed by atoms with E-state index in [1.807, 2.05) is 12.1 Å². The molecular weight excluding hydrogens is 227 g/mol. The topological polar surface area (TPSA) is 29.3 Å². The summed E-state index contributed by atoms with van der Waals surface area (Å²) in [6, 6.07) is 5.45. The van der Waals surface area contributed by atoms with Crippen LogP contribution in [0.1, 0.15) is 44.4 Å². The number of hydrogen-bond acceptors (Lipinski definition) is 2. The fraction of sp³-hybridized carbons (Fsp3) is 0.600. The van der Waals surface area contributed by atoms with Gasteiger partial charge in [0.2, 0.25) is 0 Å². The lowest BCUT2D eigenvalue weighted by Gasteiger charge is -2.40. The largest absolute Gasteiger partial charge is 0.329 e. The van der Waals surface area contributed by atoms with Crippen molar-refractivity contribution in [2.75, 3.05) is 13.6 Å². The summed E-state index contributed by atoms with van der Waals surface area (Å²) in [5, 5.41) is 0. The molecule has 0 aromatic heterocycles. The van der Waals surface area contributed by atoms with Crippen LogP contribution < -0.4 is 5.73 Å². The average molecular weight is 252 g/mol. The highest BCUT2D eigenvalue weighted by Gasteiger charge is 2.28. The zero-order valence-corrected chi connectivity index (χ0v) is 12.1. The molecule has 18 heavy (non-hydrogen) atoms. The Kier molecular flexibility index (Phi) is 4.88. The molecular formula is C15H25FN2. The SMILES string of the molecule is CCC(C)(C)N(C)C(CN)c1ccc(C)c(F)c1. The molecule has 0 radical (unpaired) electrons. The number of hydrogen-bond donors (Lipinski definition) is 1. The predicted molar refractivity (Wildman–Crippen MR) is 75.1 cm³/mol. The Balaban J connectivity index is 3.06. The first kappa shape index (κ1) is 15.1. The van der Waals surface area contributed by atoms with Crippen molar-refractivity contribution in [3.8, 4) is 0 Å². The van der Waals surface area contributed by atoms with Gasteiger partial charge in [0.25, 0.3) is 0 Å². The molecule has 1 atom stereocenters. The zero-order chi connectivity index (χ0) is 13.9. The van der Waals surface area contributed by atoms with Crippen LogP contribution in [0.5, 0.6) is 0 Å². The number of benzene rings is 1. The van der Waals surface area contributed by atoms with Crippen molar-refractivity contribution in [3.63, 3.8) is 0 Å². The number of nitrogens with zero attached hydrogens (tertiary/aromatic N) is 1. The quantitative estimate of drug-likeness (QED) is 0.871. The lowest BCUT2D eigenvalue weighted by atomic mass is 9.94. The molecule has 0 bridgehead atoms. The molecule has 0 saturated heterocycles. The van der Waals surface area contributed by atoms with Crippen LogP contribution in [0.4, 0.5) is 4.39 Å². The van der Waals surface area contributed by atoms with Crippen LogP contribution in [-0.2, 0) is 0 Å². The Morgan fingerprint density at radius 1 is 1.39 bits per heavy atom. The molecule has 0 heterocycles. The van der Waals surface area contributed by atoms with Crippen LogP contribution in [0.2, 0.25) is 0 Å². The van der Waals surface area contributed by atoms with E-state index in [2.05, 4.69) is 32.7 Å². The molecule has 0 fully saturated rings. The monoisotopic (exact) mass is 252 g/mol. The van der Waals surface area contributed by atoms with Gasteiger partial charge in [0, 0.05) is 18.1 Å². The van der Waals surface area contributed by atoms with Crippen molar-refractivity contribution in [1.82, 2.24) is 4.90 Å². The molecule has 0 aliphatic heterocycles. The van der Waals surface area contributed by atoms with Crippen molar-refractivity contribution in [1.29, 1.82) is 0 Å². The maximum absolute atomic E-state index is 13.7. The van der Waals surface area contributed by atoms with Gasteiger partial charge in [-0.2, -0.15) is 0 Å². The van der Waals surface area contributed by atoms with Crippen LogP contribution in [0, 0.1) is 12.7 Å². The van der Waals surface area contributed by atoms with E-state index in [-0.39, 0.29) is 17.4 Å². The summed E-state index contributed by atoms with van der Waals surface area (Å²) in [5.74, 6) is -0.159. The second-order valence-electron chi connectivity index (χ2n) is 5.54. The average Bonchev–Trinajstić information content (AvgIpc) is 2.34. The Morgan fingerprint density at radius 3 is 2.44 bits per heavy atom. The van der Waals surface area contributed by atoms with E-state index in [0.29, 0.717) is 12.1 Å². The van der Waals surface area contributed by atoms with Crippen LogP contribution in [0.15, 0.2) is 18.2 Å². The first-order chi connectivity index (χ1) is 8.33. The van der Waals surface area contributed by atoms with E-state index in [0.717, 1.165) is 12.0 Å². The smallest absolute Gasteiger partial charge is 0.126 e. The van der Waals surface area contributed by atoms with Gasteiger partial charge in [-0.15, -0.1) is 0 Å². The van der Waals surface area contributed by atoms with Crippen molar-refractivity contribution < 1.29 is 4.39 Å². The number of aryl methyl sites for hydroxylation is 1. The molecule has 2 N–H and O–H groups in total. The molecule has 1 rings (SSSR count). The van der Waals surface area contributed by atoms with Crippen molar-refractivity contribution in [3.05, 3.63) is 35.1 Å². The normalized spacial score (nSPS) is 14.0. The number of halogens is 1. The van der Waals surface area contributed by atoms with Crippen molar-refractivity contribution in [2.24, 2.45) is 5.73 Å². The summed E-state index contributed by atoms with van der Waals surface area (Å²) in [4.78, 5) is 2.23. The van der Waals surface area contributed by atoms with E-state index in [9.17, 15) is 4.39 Å². The second-order valence-corrected chi connectivity index (χ2v) is 5.54. The van der Waals surface area contributed by atoms with E-state index in [1.165, 1.54) is 0 Å². The fourth-order valence-electron chi connectivity index (χ4n) is 2.01. The maximum atomic E-state index is 13.7. The third-order valence-corrected chi connectivity index (χ3v) is 4.09. The van der Waals surface area contributed by atoms with Gasteiger partial charge >= 0.3 is 0 Å². The van der Waals surface area contributed by atoms with Crippen molar-refractivity contribution in [2.45, 2.75) is 45.7 Å². The number of nitrogens with two attached hydrogens (primary N) is 1. The van der Waals surface area contributed by atoms with Gasteiger partial charge in [-0.05, 0) is 51.4 Å². The lowest BCUT2D eigenvalue weighted by Crippen LogP contribution is -2.45. The molecule has 1 aromatic rings. The molecule has 0 spiro atoms. The highest BCUT2D eigenvalue weighted by atomic mass is 19.1. The third-order valence-electron chi connectivity index (χ3n) is 4.09. The van der Waals surface area contributed by atoms with Crippen LogP contribution >= 0.6 is 0 Å². The van der Waals surface area contributed by atoms with Gasteiger partial charge in [0.05, 0.1) is 0 Å². The molecule has 0 aliphatic rings. The minimum Gasteiger partial charge on any atom is -0.329 e. The third kappa shape index (κ3) is 3.09. The predicted octanol–water partition coefficient (Wildman–Crippen LogP) is 3.25. The minimum atomic E-state index is -0.159. The first-order valence-electron chi connectivity index (χ1n) is 6.52.